The number of carbonyl (C=O) groups is 2. The third kappa shape index (κ3) is 16.2. The number of hydrogen-bond acceptors (Lipinski definition) is 3. The molecule has 1 aromatic carbocycles. The molecule has 0 fully saturated rings. The molecular formula is C18H29NO4. The Morgan fingerprint density at radius 3 is 2.17 bits per heavy atom. The molecule has 0 heterocycles. The molecule has 1 aromatic rings. The Morgan fingerprint density at radius 2 is 1.70 bits per heavy atom. The molecule has 0 saturated heterocycles. The Morgan fingerprint density at radius 1 is 1.17 bits per heavy atom. The highest BCUT2D eigenvalue weighted by Gasteiger charge is 2.09. The van der Waals surface area contributed by atoms with Crippen LogP contribution in [0.1, 0.15) is 53.0 Å². The minimum Gasteiger partial charge on any atom is -0.481 e. The van der Waals surface area contributed by atoms with E-state index in [1.54, 1.807) is 6.92 Å². The molecule has 2 N–H and O–H groups in total. The number of carboxylic acid groups (broad SMARTS) is 1. The van der Waals surface area contributed by atoms with E-state index in [0.29, 0.717) is 11.8 Å². The molecule has 1 rings (SSSR count). The van der Waals surface area contributed by atoms with Crippen LogP contribution in [0.3, 0.4) is 0 Å². The quantitative estimate of drug-likeness (QED) is 0.822. The molecule has 0 aliphatic heterocycles. The SMILES string of the molecule is CC(C)(C)C.C[C@H](CCC(=O)O)NC(=O)OCc1ccccc1. The van der Waals surface area contributed by atoms with Gasteiger partial charge in [0, 0.05) is 12.5 Å². The van der Waals surface area contributed by atoms with Gasteiger partial charge in [-0.1, -0.05) is 58.0 Å². The van der Waals surface area contributed by atoms with E-state index >= 15 is 0 Å². The number of aliphatic carboxylic acids is 1. The van der Waals surface area contributed by atoms with Crippen molar-refractivity contribution in [1.82, 2.24) is 5.32 Å². The van der Waals surface area contributed by atoms with Gasteiger partial charge >= 0.3 is 12.1 Å². The van der Waals surface area contributed by atoms with Crippen LogP contribution in [0.15, 0.2) is 30.3 Å². The van der Waals surface area contributed by atoms with Gasteiger partial charge in [-0.15, -0.1) is 0 Å². The first-order valence-corrected chi connectivity index (χ1v) is 7.77. The Balaban J connectivity index is 0.000000841. The average Bonchev–Trinajstić information content (AvgIpc) is 2.42. The molecule has 5 heteroatoms. The van der Waals surface area contributed by atoms with Gasteiger partial charge in [0.05, 0.1) is 0 Å². The van der Waals surface area contributed by atoms with Crippen LogP contribution in [0.4, 0.5) is 4.79 Å². The zero-order valence-corrected chi connectivity index (χ0v) is 14.8. The molecule has 0 bridgehead atoms. The molecule has 0 aromatic heterocycles. The summed E-state index contributed by atoms with van der Waals surface area (Å²) in [5.74, 6) is -0.874. The third-order valence-corrected chi connectivity index (χ3v) is 2.37. The lowest BCUT2D eigenvalue weighted by atomic mass is 10.0. The molecule has 1 amide bonds. The number of nitrogens with one attached hydrogen (secondary N) is 1. The Labute approximate surface area is 139 Å². The van der Waals surface area contributed by atoms with Crippen molar-refractivity contribution in [3.05, 3.63) is 35.9 Å². The maximum atomic E-state index is 11.4. The van der Waals surface area contributed by atoms with Crippen LogP contribution in [-0.4, -0.2) is 23.2 Å². The van der Waals surface area contributed by atoms with Crippen LogP contribution in [0.5, 0.6) is 0 Å². The first-order valence-electron chi connectivity index (χ1n) is 7.77. The van der Waals surface area contributed by atoms with Crippen molar-refractivity contribution in [2.45, 2.75) is 60.1 Å². The summed E-state index contributed by atoms with van der Waals surface area (Å²) in [6.45, 7) is 10.7. The Hall–Kier alpha value is -2.04. The molecule has 5 nitrogen and oxygen atoms in total. The van der Waals surface area contributed by atoms with Gasteiger partial charge in [-0.2, -0.15) is 0 Å². The number of ether oxygens (including phenoxy) is 1. The zero-order valence-electron chi connectivity index (χ0n) is 14.8. The lowest BCUT2D eigenvalue weighted by Crippen LogP contribution is -2.33. The van der Waals surface area contributed by atoms with E-state index in [4.69, 9.17) is 9.84 Å². The van der Waals surface area contributed by atoms with Crippen LogP contribution in [0.2, 0.25) is 0 Å². The van der Waals surface area contributed by atoms with Crippen LogP contribution in [0, 0.1) is 5.41 Å². The minimum atomic E-state index is -0.874. The highest BCUT2D eigenvalue weighted by Crippen LogP contribution is 2.08. The molecule has 0 spiro atoms. The second kappa shape index (κ2) is 10.6. The van der Waals surface area contributed by atoms with Crippen molar-refractivity contribution in [2.75, 3.05) is 0 Å². The van der Waals surface area contributed by atoms with Crippen LogP contribution in [0.25, 0.3) is 0 Å². The summed E-state index contributed by atoms with van der Waals surface area (Å²) in [5.41, 5.74) is 1.41. The number of amides is 1. The number of carboxylic acids is 1. The van der Waals surface area contributed by atoms with Crippen molar-refractivity contribution >= 4 is 12.1 Å². The summed E-state index contributed by atoms with van der Waals surface area (Å²) >= 11 is 0. The van der Waals surface area contributed by atoms with E-state index in [0.717, 1.165) is 5.56 Å². The van der Waals surface area contributed by atoms with E-state index in [1.807, 2.05) is 30.3 Å². The summed E-state index contributed by atoms with van der Waals surface area (Å²) in [7, 11) is 0. The number of alkyl carbamates (subject to hydrolysis) is 1. The Kier molecular flexibility index (Phi) is 9.70. The highest BCUT2D eigenvalue weighted by atomic mass is 16.5. The van der Waals surface area contributed by atoms with Gasteiger partial charge < -0.3 is 15.2 Å². The maximum Gasteiger partial charge on any atom is 0.407 e. The van der Waals surface area contributed by atoms with Crippen molar-refractivity contribution in [3.8, 4) is 0 Å². The van der Waals surface area contributed by atoms with Gasteiger partial charge in [-0.3, -0.25) is 4.79 Å². The summed E-state index contributed by atoms with van der Waals surface area (Å²) in [6, 6.07) is 9.13. The standard InChI is InChI=1S/C13H17NO4.C5H12/c1-10(7-8-12(15)16)14-13(17)18-9-11-5-3-2-4-6-11;1-5(2,3)4/h2-6,10H,7-9H2,1H3,(H,14,17)(H,15,16);1-4H3/t10-;/m1./s1. The second-order valence-corrected chi connectivity index (χ2v) is 7.04. The van der Waals surface area contributed by atoms with Gasteiger partial charge in [-0.25, -0.2) is 4.79 Å². The van der Waals surface area contributed by atoms with Gasteiger partial charge in [-0.05, 0) is 24.3 Å². The fourth-order valence-corrected chi connectivity index (χ4v) is 1.38. The van der Waals surface area contributed by atoms with E-state index in [9.17, 15) is 9.59 Å². The summed E-state index contributed by atoms with van der Waals surface area (Å²) in [5, 5.41) is 11.1. The lowest BCUT2D eigenvalue weighted by molar-refractivity contribution is -0.137. The molecular weight excluding hydrogens is 294 g/mol. The van der Waals surface area contributed by atoms with E-state index < -0.39 is 12.1 Å². The smallest absolute Gasteiger partial charge is 0.407 e. The number of rotatable bonds is 6. The first-order chi connectivity index (χ1) is 10.6. The summed E-state index contributed by atoms with van der Waals surface area (Å²) < 4.78 is 5.01. The average molecular weight is 323 g/mol. The molecule has 0 aliphatic rings. The lowest BCUT2D eigenvalue weighted by Gasteiger charge is -2.12. The zero-order chi connectivity index (χ0) is 17.9. The fourth-order valence-electron chi connectivity index (χ4n) is 1.38. The largest absolute Gasteiger partial charge is 0.481 e. The molecule has 23 heavy (non-hydrogen) atoms. The second-order valence-electron chi connectivity index (χ2n) is 7.04. The fraction of sp³-hybridized carbons (Fsp3) is 0.556. The van der Waals surface area contributed by atoms with Crippen LogP contribution in [-0.2, 0) is 16.1 Å². The molecule has 130 valence electrons. The monoisotopic (exact) mass is 323 g/mol. The Bertz CT molecular complexity index is 460. The van der Waals surface area contributed by atoms with Crippen molar-refractivity contribution in [1.29, 1.82) is 0 Å². The third-order valence-electron chi connectivity index (χ3n) is 2.37. The molecule has 0 aliphatic carbocycles. The number of hydrogen-bond donors (Lipinski definition) is 2. The van der Waals surface area contributed by atoms with E-state index in [-0.39, 0.29) is 19.1 Å². The van der Waals surface area contributed by atoms with Crippen LogP contribution < -0.4 is 5.32 Å². The van der Waals surface area contributed by atoms with Crippen molar-refractivity contribution in [3.63, 3.8) is 0 Å². The normalized spacial score (nSPS) is 11.7. The van der Waals surface area contributed by atoms with E-state index in [2.05, 4.69) is 33.0 Å². The highest BCUT2D eigenvalue weighted by molar-refractivity contribution is 5.68. The predicted octanol–water partition coefficient (Wildman–Crippen LogP) is 4.22. The summed E-state index contributed by atoms with van der Waals surface area (Å²) in [6.07, 6.45) is -0.118. The predicted molar refractivity (Wildman–Crippen MR) is 91.2 cm³/mol. The summed E-state index contributed by atoms with van der Waals surface area (Å²) in [4.78, 5) is 21.7. The van der Waals surface area contributed by atoms with Gasteiger partial charge in [0.25, 0.3) is 0 Å². The van der Waals surface area contributed by atoms with Gasteiger partial charge in [0.2, 0.25) is 0 Å². The number of benzene rings is 1. The van der Waals surface area contributed by atoms with Crippen LogP contribution >= 0.6 is 0 Å². The molecule has 0 radical (unpaired) electrons. The van der Waals surface area contributed by atoms with Gasteiger partial charge in [0.15, 0.2) is 0 Å². The number of carbonyl (C=O) groups excluding carboxylic acids is 1. The first kappa shape index (κ1) is 21.0. The molecule has 0 saturated carbocycles. The topological polar surface area (TPSA) is 75.6 Å². The maximum absolute atomic E-state index is 11.4. The van der Waals surface area contributed by atoms with Crippen molar-refractivity contribution in [2.24, 2.45) is 5.41 Å². The van der Waals surface area contributed by atoms with E-state index in [1.165, 1.54) is 0 Å². The minimum absolute atomic E-state index is 0.0279. The molecule has 0 unspecified atom stereocenters. The molecule has 1 atom stereocenters. The van der Waals surface area contributed by atoms with Crippen molar-refractivity contribution < 1.29 is 19.4 Å². The van der Waals surface area contributed by atoms with Gasteiger partial charge in [0.1, 0.15) is 6.61 Å².